The van der Waals surface area contributed by atoms with Crippen molar-refractivity contribution in [2.75, 3.05) is 36.9 Å². The predicted octanol–water partition coefficient (Wildman–Crippen LogP) is 2.81. The zero-order valence-corrected chi connectivity index (χ0v) is 16.0. The first-order valence-electron chi connectivity index (χ1n) is 9.42. The zero-order valence-electron chi connectivity index (χ0n) is 16.0. The molecule has 2 fully saturated rings. The van der Waals surface area contributed by atoms with Gasteiger partial charge in [-0.05, 0) is 42.8 Å². The lowest BCUT2D eigenvalue weighted by Crippen LogP contribution is -2.51. The smallest absolute Gasteiger partial charge is 0.410 e. The minimum absolute atomic E-state index is 0.0382. The summed E-state index contributed by atoms with van der Waals surface area (Å²) < 4.78 is 19.2. The van der Waals surface area contributed by atoms with E-state index >= 15 is 0 Å². The molecule has 8 nitrogen and oxygen atoms in total. The van der Waals surface area contributed by atoms with Crippen LogP contribution in [0.3, 0.4) is 0 Å². The molecule has 2 aromatic rings. The van der Waals surface area contributed by atoms with Crippen molar-refractivity contribution in [2.45, 2.75) is 19.5 Å². The number of aromatic nitrogens is 1. The number of hydrogen-bond acceptors (Lipinski definition) is 5. The van der Waals surface area contributed by atoms with Crippen LogP contribution in [-0.2, 0) is 11.3 Å². The third-order valence-corrected chi connectivity index (χ3v) is 4.99. The lowest BCUT2D eigenvalue weighted by atomic mass is 10.1. The summed E-state index contributed by atoms with van der Waals surface area (Å²) in [6.45, 7) is 4.72. The number of hydrogen-bond donors (Lipinski definition) is 2. The van der Waals surface area contributed by atoms with Crippen molar-refractivity contribution in [3.63, 3.8) is 0 Å². The molecule has 0 unspecified atom stereocenters. The number of cyclic esters (lactones) is 1. The highest BCUT2D eigenvalue weighted by molar-refractivity contribution is 5.99. The summed E-state index contributed by atoms with van der Waals surface area (Å²) in [5, 5.41) is 5.33. The number of fused-ring (bicyclic) bond motifs is 1. The molecule has 1 aromatic carbocycles. The number of ether oxygens (including phenoxy) is 1. The third-order valence-electron chi connectivity index (χ3n) is 4.99. The van der Waals surface area contributed by atoms with Gasteiger partial charge in [0, 0.05) is 37.6 Å². The summed E-state index contributed by atoms with van der Waals surface area (Å²) in [6.07, 6.45) is 1.30. The van der Waals surface area contributed by atoms with E-state index in [9.17, 15) is 14.0 Å². The van der Waals surface area contributed by atoms with Crippen molar-refractivity contribution in [1.29, 1.82) is 0 Å². The lowest BCUT2D eigenvalue weighted by Gasteiger charge is -2.35. The third kappa shape index (κ3) is 4.62. The Balaban J connectivity index is 1.38. The van der Waals surface area contributed by atoms with Crippen molar-refractivity contribution in [1.82, 2.24) is 14.8 Å². The van der Waals surface area contributed by atoms with Crippen molar-refractivity contribution < 1.29 is 18.7 Å². The Hall–Kier alpha value is -3.20. The van der Waals surface area contributed by atoms with Crippen LogP contribution >= 0.6 is 0 Å². The standard InChI is InChI=1S/C20H22FN5O3/c1-13-2-3-16(9-22-13)23-19(27)24-17-7-14(6-15(21)8-17)10-25-4-5-26-18(11-25)12-29-20(26)28/h2-3,6-9,18H,4-5,10-12H2,1H3,(H2,23,24,27)/t18-/m1/s1. The van der Waals surface area contributed by atoms with Gasteiger partial charge in [0.05, 0.1) is 17.9 Å². The van der Waals surface area contributed by atoms with E-state index in [-0.39, 0.29) is 12.1 Å². The number of pyridine rings is 1. The average Bonchev–Trinajstić information content (AvgIpc) is 3.03. The first-order valence-corrected chi connectivity index (χ1v) is 9.42. The molecule has 2 aliphatic heterocycles. The van der Waals surface area contributed by atoms with Crippen LogP contribution in [0.1, 0.15) is 11.3 Å². The molecule has 0 radical (unpaired) electrons. The van der Waals surface area contributed by atoms with E-state index < -0.39 is 11.8 Å². The number of anilines is 2. The second-order valence-electron chi connectivity index (χ2n) is 7.27. The molecule has 1 aromatic heterocycles. The van der Waals surface area contributed by atoms with Crippen LogP contribution in [0.2, 0.25) is 0 Å². The number of urea groups is 1. The molecular weight excluding hydrogens is 377 g/mol. The number of rotatable bonds is 4. The quantitative estimate of drug-likeness (QED) is 0.826. The first-order chi connectivity index (χ1) is 14.0. The Kier molecular flexibility index (Phi) is 5.30. The number of nitrogens with zero attached hydrogens (tertiary/aromatic N) is 3. The number of benzene rings is 1. The van der Waals surface area contributed by atoms with Gasteiger partial charge in [0.1, 0.15) is 12.4 Å². The molecule has 3 heterocycles. The summed E-state index contributed by atoms with van der Waals surface area (Å²) >= 11 is 0. The summed E-state index contributed by atoms with van der Waals surface area (Å²) in [6, 6.07) is 7.58. The molecule has 9 heteroatoms. The number of aryl methyl sites for hydroxylation is 1. The molecule has 2 saturated heterocycles. The number of halogens is 1. The fourth-order valence-electron chi connectivity index (χ4n) is 3.60. The normalized spacial score (nSPS) is 18.9. The highest BCUT2D eigenvalue weighted by Gasteiger charge is 2.37. The molecule has 152 valence electrons. The number of amides is 3. The van der Waals surface area contributed by atoms with Gasteiger partial charge in [0.15, 0.2) is 0 Å². The SMILES string of the molecule is Cc1ccc(NC(=O)Nc2cc(F)cc(CN3CCN4C(=O)OC[C@H]4C3)c2)cn1. The van der Waals surface area contributed by atoms with Crippen LogP contribution in [0.4, 0.5) is 25.4 Å². The van der Waals surface area contributed by atoms with Crippen LogP contribution in [0.5, 0.6) is 0 Å². The molecular formula is C20H22FN5O3. The van der Waals surface area contributed by atoms with E-state index in [1.54, 1.807) is 29.3 Å². The van der Waals surface area contributed by atoms with Crippen molar-refractivity contribution in [3.05, 3.63) is 53.6 Å². The Labute approximate surface area is 167 Å². The average molecular weight is 399 g/mol. The minimum atomic E-state index is -0.470. The van der Waals surface area contributed by atoms with Crippen molar-refractivity contribution >= 4 is 23.5 Å². The van der Waals surface area contributed by atoms with Gasteiger partial charge in [-0.25, -0.2) is 14.0 Å². The molecule has 1 atom stereocenters. The van der Waals surface area contributed by atoms with Gasteiger partial charge in [-0.2, -0.15) is 0 Å². The molecule has 0 aliphatic carbocycles. The molecule has 0 spiro atoms. The van der Waals surface area contributed by atoms with Crippen molar-refractivity contribution in [3.8, 4) is 0 Å². The van der Waals surface area contributed by atoms with E-state index in [0.29, 0.717) is 44.2 Å². The summed E-state index contributed by atoms with van der Waals surface area (Å²) in [5.74, 6) is -0.423. The Morgan fingerprint density at radius 3 is 2.86 bits per heavy atom. The zero-order chi connectivity index (χ0) is 20.4. The van der Waals surface area contributed by atoms with E-state index in [1.807, 2.05) is 6.92 Å². The molecule has 4 rings (SSSR count). The van der Waals surface area contributed by atoms with Gasteiger partial charge in [0.2, 0.25) is 0 Å². The van der Waals surface area contributed by atoms with Crippen LogP contribution < -0.4 is 10.6 Å². The van der Waals surface area contributed by atoms with Crippen molar-refractivity contribution in [2.24, 2.45) is 0 Å². The molecule has 2 aliphatic rings. The molecule has 3 amide bonds. The number of carbonyl (C=O) groups is 2. The van der Waals surface area contributed by atoms with Gasteiger partial charge in [-0.3, -0.25) is 14.8 Å². The van der Waals surface area contributed by atoms with Crippen LogP contribution in [0.15, 0.2) is 36.5 Å². The minimum Gasteiger partial charge on any atom is -0.447 e. The van der Waals surface area contributed by atoms with Crippen LogP contribution in [0.25, 0.3) is 0 Å². The van der Waals surface area contributed by atoms with Crippen LogP contribution in [0, 0.1) is 12.7 Å². The maximum atomic E-state index is 14.1. The molecule has 0 bridgehead atoms. The largest absolute Gasteiger partial charge is 0.447 e. The maximum absolute atomic E-state index is 14.1. The van der Waals surface area contributed by atoms with Gasteiger partial charge in [-0.1, -0.05) is 0 Å². The highest BCUT2D eigenvalue weighted by Crippen LogP contribution is 2.21. The first kappa shape index (κ1) is 19.1. The highest BCUT2D eigenvalue weighted by atomic mass is 19.1. The second kappa shape index (κ2) is 8.04. The van der Waals surface area contributed by atoms with Gasteiger partial charge in [-0.15, -0.1) is 0 Å². The topological polar surface area (TPSA) is 86.8 Å². The lowest BCUT2D eigenvalue weighted by molar-refractivity contribution is 0.115. The van der Waals surface area contributed by atoms with E-state index in [0.717, 1.165) is 11.3 Å². The monoisotopic (exact) mass is 399 g/mol. The Morgan fingerprint density at radius 2 is 2.07 bits per heavy atom. The fourth-order valence-corrected chi connectivity index (χ4v) is 3.60. The van der Waals surface area contributed by atoms with E-state index in [1.165, 1.54) is 12.1 Å². The van der Waals surface area contributed by atoms with Gasteiger partial charge < -0.3 is 15.4 Å². The van der Waals surface area contributed by atoms with Gasteiger partial charge >= 0.3 is 12.1 Å². The number of nitrogens with one attached hydrogen (secondary N) is 2. The summed E-state index contributed by atoms with van der Waals surface area (Å²) in [5.41, 5.74) is 2.52. The van der Waals surface area contributed by atoms with Gasteiger partial charge in [0.25, 0.3) is 0 Å². The molecule has 0 saturated carbocycles. The van der Waals surface area contributed by atoms with Crippen LogP contribution in [-0.4, -0.2) is 59.2 Å². The summed E-state index contributed by atoms with van der Waals surface area (Å²) in [7, 11) is 0. The fraction of sp³-hybridized carbons (Fsp3) is 0.350. The van der Waals surface area contributed by atoms with E-state index in [2.05, 4.69) is 20.5 Å². The molecule has 29 heavy (non-hydrogen) atoms. The Morgan fingerprint density at radius 1 is 1.24 bits per heavy atom. The molecule has 2 N–H and O–H groups in total. The Bertz CT molecular complexity index is 921. The summed E-state index contributed by atoms with van der Waals surface area (Å²) in [4.78, 5) is 31.8. The number of piperazine rings is 1. The predicted molar refractivity (Wildman–Crippen MR) is 105 cm³/mol. The second-order valence-corrected chi connectivity index (χ2v) is 7.27. The maximum Gasteiger partial charge on any atom is 0.410 e. The van der Waals surface area contributed by atoms with E-state index in [4.69, 9.17) is 4.74 Å². The number of carbonyl (C=O) groups excluding carboxylic acids is 2.